The number of hydrogen-bond acceptors (Lipinski definition) is 4. The number of imidazole rings is 1. The predicted octanol–water partition coefficient (Wildman–Crippen LogP) is 1.45. The Morgan fingerprint density at radius 2 is 2.29 bits per heavy atom. The first-order valence-electron chi connectivity index (χ1n) is 7.50. The van der Waals surface area contributed by atoms with Gasteiger partial charge in [-0.15, -0.1) is 0 Å². The van der Waals surface area contributed by atoms with Gasteiger partial charge in [0.15, 0.2) is 0 Å². The minimum absolute atomic E-state index is 0.0424. The molecule has 1 saturated heterocycles. The molecule has 1 aromatic rings. The summed E-state index contributed by atoms with van der Waals surface area (Å²) in [5.41, 5.74) is 0. The van der Waals surface area contributed by atoms with E-state index in [0.717, 1.165) is 25.1 Å². The van der Waals surface area contributed by atoms with Crippen molar-refractivity contribution in [2.24, 2.45) is 0 Å². The molecule has 1 aliphatic rings. The monoisotopic (exact) mass is 315 g/mol. The fourth-order valence-corrected chi connectivity index (χ4v) is 4.57. The summed E-state index contributed by atoms with van der Waals surface area (Å²) >= 11 is 0. The summed E-state index contributed by atoms with van der Waals surface area (Å²) in [6, 6.07) is 0.184. The van der Waals surface area contributed by atoms with Crippen LogP contribution in [0.25, 0.3) is 0 Å². The Bertz CT molecular complexity index is 556. The van der Waals surface area contributed by atoms with Crippen molar-refractivity contribution >= 4 is 10.0 Å². The zero-order chi connectivity index (χ0) is 15.5. The van der Waals surface area contributed by atoms with E-state index in [-0.39, 0.29) is 17.9 Å². The minimum Gasteiger partial charge on any atom is -0.381 e. The molecular formula is C14H25N3O3S. The standard InChI is InChI=1S/C14H25N3O3S/c1-4-14-15-7-9-17(14)13-6-5-8-16(10-13)21(18,19)11-12(2)20-3/h7,9,12-13H,4-6,8,10-11H2,1-3H3/t12-,13-/m1/s1. The van der Waals surface area contributed by atoms with Gasteiger partial charge in [0.2, 0.25) is 10.0 Å². The second-order valence-corrected chi connectivity index (χ2v) is 7.60. The van der Waals surface area contributed by atoms with Gasteiger partial charge < -0.3 is 9.30 Å². The third-order valence-electron chi connectivity index (χ3n) is 4.06. The smallest absolute Gasteiger partial charge is 0.216 e. The molecular weight excluding hydrogens is 290 g/mol. The van der Waals surface area contributed by atoms with Crippen molar-refractivity contribution in [2.75, 3.05) is 26.0 Å². The molecule has 1 aromatic heterocycles. The van der Waals surface area contributed by atoms with Gasteiger partial charge >= 0.3 is 0 Å². The zero-order valence-corrected chi connectivity index (χ0v) is 13.8. The first-order chi connectivity index (χ1) is 9.97. The van der Waals surface area contributed by atoms with Crippen molar-refractivity contribution in [3.63, 3.8) is 0 Å². The Morgan fingerprint density at radius 1 is 1.52 bits per heavy atom. The number of aryl methyl sites for hydroxylation is 1. The highest BCUT2D eigenvalue weighted by Gasteiger charge is 2.31. The Morgan fingerprint density at radius 3 is 2.95 bits per heavy atom. The quantitative estimate of drug-likeness (QED) is 0.797. The van der Waals surface area contributed by atoms with Crippen molar-refractivity contribution in [1.29, 1.82) is 0 Å². The van der Waals surface area contributed by atoms with E-state index in [9.17, 15) is 8.42 Å². The van der Waals surface area contributed by atoms with Gasteiger partial charge in [-0.1, -0.05) is 6.92 Å². The SMILES string of the molecule is CCc1nccn1[C@@H]1CCCN(S(=O)(=O)C[C@@H](C)OC)C1. The number of rotatable bonds is 6. The van der Waals surface area contributed by atoms with Crippen molar-refractivity contribution in [3.05, 3.63) is 18.2 Å². The fraction of sp³-hybridized carbons (Fsp3) is 0.786. The molecule has 0 saturated carbocycles. The van der Waals surface area contributed by atoms with Crippen molar-refractivity contribution < 1.29 is 13.2 Å². The average Bonchev–Trinajstić information content (AvgIpc) is 2.95. The lowest BCUT2D eigenvalue weighted by molar-refractivity contribution is 0.134. The van der Waals surface area contributed by atoms with Crippen LogP contribution < -0.4 is 0 Å². The van der Waals surface area contributed by atoms with Crippen LogP contribution in [-0.2, 0) is 21.2 Å². The summed E-state index contributed by atoms with van der Waals surface area (Å²) in [6.45, 7) is 4.98. The molecule has 2 atom stereocenters. The van der Waals surface area contributed by atoms with Gasteiger partial charge in [0.05, 0.1) is 11.9 Å². The molecule has 1 aliphatic heterocycles. The molecule has 21 heavy (non-hydrogen) atoms. The van der Waals surface area contributed by atoms with E-state index in [1.807, 2.05) is 6.20 Å². The van der Waals surface area contributed by atoms with E-state index in [1.165, 1.54) is 7.11 Å². The van der Waals surface area contributed by atoms with E-state index in [0.29, 0.717) is 13.1 Å². The molecule has 0 unspecified atom stereocenters. The molecule has 0 radical (unpaired) electrons. The zero-order valence-electron chi connectivity index (χ0n) is 13.0. The molecule has 0 N–H and O–H groups in total. The molecule has 2 heterocycles. The number of ether oxygens (including phenoxy) is 1. The average molecular weight is 315 g/mol. The Balaban J connectivity index is 2.10. The summed E-state index contributed by atoms with van der Waals surface area (Å²) in [5.74, 6) is 1.06. The van der Waals surface area contributed by atoms with Crippen LogP contribution in [-0.4, -0.2) is 54.3 Å². The maximum absolute atomic E-state index is 12.4. The largest absolute Gasteiger partial charge is 0.381 e. The normalized spacial score (nSPS) is 22.3. The van der Waals surface area contributed by atoms with E-state index >= 15 is 0 Å². The van der Waals surface area contributed by atoms with Crippen LogP contribution in [0.3, 0.4) is 0 Å². The first kappa shape index (κ1) is 16.5. The van der Waals surface area contributed by atoms with Gasteiger partial charge in [-0.25, -0.2) is 13.4 Å². The van der Waals surface area contributed by atoms with Crippen molar-refractivity contribution in [2.45, 2.75) is 45.3 Å². The van der Waals surface area contributed by atoms with Gasteiger partial charge in [-0.3, -0.25) is 0 Å². The maximum atomic E-state index is 12.4. The molecule has 0 bridgehead atoms. The highest BCUT2D eigenvalue weighted by molar-refractivity contribution is 7.89. The molecule has 1 fully saturated rings. The number of hydrogen-bond donors (Lipinski definition) is 0. The van der Waals surface area contributed by atoms with E-state index in [4.69, 9.17) is 4.74 Å². The van der Waals surface area contributed by atoms with E-state index < -0.39 is 10.0 Å². The minimum atomic E-state index is -3.26. The Hall–Kier alpha value is -0.920. The van der Waals surface area contributed by atoms with Crippen molar-refractivity contribution in [1.82, 2.24) is 13.9 Å². The maximum Gasteiger partial charge on any atom is 0.216 e. The summed E-state index contributed by atoms with van der Waals surface area (Å²) < 4.78 is 33.7. The lowest BCUT2D eigenvalue weighted by Crippen LogP contribution is -2.43. The topological polar surface area (TPSA) is 64.4 Å². The molecule has 0 aromatic carbocycles. The number of sulfonamides is 1. The number of piperidine rings is 1. The van der Waals surface area contributed by atoms with Crippen LogP contribution >= 0.6 is 0 Å². The Labute approximate surface area is 127 Å². The molecule has 0 spiro atoms. The van der Waals surface area contributed by atoms with Crippen molar-refractivity contribution in [3.8, 4) is 0 Å². The van der Waals surface area contributed by atoms with E-state index in [2.05, 4.69) is 16.5 Å². The predicted molar refractivity (Wildman–Crippen MR) is 81.7 cm³/mol. The second-order valence-electron chi connectivity index (χ2n) is 5.58. The Kier molecular flexibility index (Phi) is 5.40. The highest BCUT2D eigenvalue weighted by Crippen LogP contribution is 2.25. The molecule has 120 valence electrons. The second kappa shape index (κ2) is 6.89. The fourth-order valence-electron chi connectivity index (χ4n) is 2.82. The molecule has 6 nitrogen and oxygen atoms in total. The molecule has 7 heteroatoms. The summed E-state index contributed by atoms with van der Waals surface area (Å²) in [5, 5.41) is 0. The number of methoxy groups -OCH3 is 1. The van der Waals surface area contributed by atoms with Crippen LogP contribution in [0.5, 0.6) is 0 Å². The molecule has 2 rings (SSSR count). The van der Waals surface area contributed by atoms with Crippen LogP contribution in [0.4, 0.5) is 0 Å². The van der Waals surface area contributed by atoms with Crippen LogP contribution in [0, 0.1) is 0 Å². The third kappa shape index (κ3) is 3.84. The summed E-state index contributed by atoms with van der Waals surface area (Å²) in [4.78, 5) is 4.33. The number of nitrogens with zero attached hydrogens (tertiary/aromatic N) is 3. The summed E-state index contributed by atoms with van der Waals surface area (Å²) in [7, 11) is -1.72. The van der Waals surface area contributed by atoms with Crippen LogP contribution in [0.2, 0.25) is 0 Å². The van der Waals surface area contributed by atoms with Gasteiger partial charge in [-0.2, -0.15) is 4.31 Å². The highest BCUT2D eigenvalue weighted by atomic mass is 32.2. The third-order valence-corrected chi connectivity index (χ3v) is 6.07. The number of aromatic nitrogens is 2. The van der Waals surface area contributed by atoms with Gasteiger partial charge in [0.1, 0.15) is 5.82 Å². The van der Waals surface area contributed by atoms with E-state index in [1.54, 1.807) is 17.4 Å². The first-order valence-corrected chi connectivity index (χ1v) is 9.11. The van der Waals surface area contributed by atoms with Gasteiger partial charge in [0, 0.05) is 45.1 Å². The van der Waals surface area contributed by atoms with Gasteiger partial charge in [0.25, 0.3) is 0 Å². The van der Waals surface area contributed by atoms with Crippen LogP contribution in [0.15, 0.2) is 12.4 Å². The molecule has 0 aliphatic carbocycles. The lowest BCUT2D eigenvalue weighted by atomic mass is 10.1. The lowest BCUT2D eigenvalue weighted by Gasteiger charge is -2.33. The summed E-state index contributed by atoms with van der Waals surface area (Å²) in [6.07, 6.45) is 6.20. The van der Waals surface area contributed by atoms with Crippen LogP contribution in [0.1, 0.15) is 38.6 Å². The molecule has 0 amide bonds. The van der Waals surface area contributed by atoms with Gasteiger partial charge in [-0.05, 0) is 19.8 Å².